The van der Waals surface area contributed by atoms with Gasteiger partial charge in [0.05, 0.1) is 5.69 Å². The highest BCUT2D eigenvalue weighted by Crippen LogP contribution is 2.46. The molecule has 0 aliphatic carbocycles. The topological polar surface area (TPSA) is 12.5 Å². The Morgan fingerprint density at radius 3 is 1.90 bits per heavy atom. The van der Waals surface area contributed by atoms with Gasteiger partial charge in [-0.2, -0.15) is 0 Å². The molecule has 0 N–H and O–H groups in total. The fourth-order valence-corrected chi connectivity index (χ4v) is 15.7. The van der Waals surface area contributed by atoms with E-state index in [1.54, 1.807) is 0 Å². The van der Waals surface area contributed by atoms with Gasteiger partial charge in [-0.15, -0.1) is 0 Å². The van der Waals surface area contributed by atoms with E-state index in [1.807, 2.05) is 11.8 Å². The van der Waals surface area contributed by atoms with Crippen LogP contribution in [0.4, 0.5) is 17.1 Å². The summed E-state index contributed by atoms with van der Waals surface area (Å²) in [5.41, 5.74) is 7.54. The van der Waals surface area contributed by atoms with Crippen molar-refractivity contribution in [3.63, 3.8) is 0 Å². The number of hydrogen-bond donors (Lipinski definition) is 0. The third kappa shape index (κ3) is 4.02. The lowest BCUT2D eigenvalue weighted by atomic mass is 9.35. The normalized spacial score (nSPS) is 14.4. The molecule has 8 aromatic carbocycles. The molecule has 3 aliphatic heterocycles. The van der Waals surface area contributed by atoms with E-state index in [1.165, 1.54) is 74.8 Å². The predicted octanol–water partition coefficient (Wildman–Crippen LogP) is 7.09. The largest absolute Gasteiger partial charge is 0.458 e. The van der Waals surface area contributed by atoms with Gasteiger partial charge >= 0.3 is 0 Å². The van der Waals surface area contributed by atoms with Crippen LogP contribution in [0.1, 0.15) is 0 Å². The second-order valence-corrected chi connectivity index (χ2v) is 18.3. The van der Waals surface area contributed by atoms with Crippen molar-refractivity contribution in [3.8, 4) is 11.5 Å². The molecule has 0 radical (unpaired) electrons. The van der Waals surface area contributed by atoms with Gasteiger partial charge in [0.25, 0.3) is 6.71 Å². The van der Waals surface area contributed by atoms with Crippen molar-refractivity contribution >= 4 is 91.5 Å². The van der Waals surface area contributed by atoms with E-state index in [2.05, 4.69) is 187 Å². The Balaban J connectivity index is 1.22. The molecule has 11 rings (SSSR count). The van der Waals surface area contributed by atoms with Crippen LogP contribution < -0.4 is 46.8 Å². The fraction of sp³-hybridized carbons (Fsp3) is 0. The molecule has 0 atom stereocenters. The number of benzene rings is 8. The van der Waals surface area contributed by atoms with E-state index in [-0.39, 0.29) is 6.71 Å². The second-order valence-electron chi connectivity index (χ2n) is 13.6. The lowest BCUT2D eigenvalue weighted by Gasteiger charge is -2.46. The molecule has 0 spiro atoms. The van der Waals surface area contributed by atoms with Crippen LogP contribution in [0.3, 0.4) is 0 Å². The van der Waals surface area contributed by atoms with E-state index in [0.29, 0.717) is 0 Å². The van der Waals surface area contributed by atoms with Gasteiger partial charge in [-0.25, -0.2) is 0 Å². The quantitative estimate of drug-likeness (QED) is 0.185. The number of hydrogen-bond acceptors (Lipinski definition) is 3. The first-order valence-electron chi connectivity index (χ1n) is 17.6. The Labute approximate surface area is 303 Å². The molecular formula is C46H30BNOSSi. The molecule has 0 amide bonds. The molecule has 0 unspecified atom stereocenters. The molecule has 2 nitrogen and oxygen atoms in total. The van der Waals surface area contributed by atoms with Gasteiger partial charge in [0.1, 0.15) is 11.5 Å². The third-order valence-electron chi connectivity index (χ3n) is 11.1. The van der Waals surface area contributed by atoms with Crippen LogP contribution in [-0.2, 0) is 0 Å². The Hall–Kier alpha value is -5.75. The van der Waals surface area contributed by atoms with Crippen LogP contribution in [0.2, 0.25) is 0 Å². The summed E-state index contributed by atoms with van der Waals surface area (Å²) < 4.78 is 6.50. The molecule has 3 heterocycles. The molecule has 51 heavy (non-hydrogen) atoms. The van der Waals surface area contributed by atoms with Gasteiger partial charge in [0, 0.05) is 21.2 Å². The predicted molar refractivity (Wildman–Crippen MR) is 218 cm³/mol. The minimum absolute atomic E-state index is 0.0982. The molecule has 0 aromatic heterocycles. The van der Waals surface area contributed by atoms with Crippen molar-refractivity contribution in [3.05, 3.63) is 182 Å². The zero-order valence-electron chi connectivity index (χ0n) is 27.7. The third-order valence-corrected chi connectivity index (χ3v) is 17.2. The summed E-state index contributed by atoms with van der Waals surface area (Å²) in [5, 5.41) is 8.24. The number of fused-ring (bicyclic) bond motifs is 7. The summed E-state index contributed by atoms with van der Waals surface area (Å²) in [6.07, 6.45) is 0. The number of nitrogens with zero attached hydrogens (tertiary/aromatic N) is 1. The standard InChI is InChI=1S/C46H30BNOSSi/c1-2-17-32(18-3-1)51(42-30-12-16-31-15-4-5-19-33(31)42)43-28-10-7-22-36(43)48(37-23-8-11-29-44(37)51)38-24-13-21-35-46(38)50-41-27-14-26-40-45(41)47(35)34-20-6-9-25-39(34)49-40/h1-30H. The highest BCUT2D eigenvalue weighted by molar-refractivity contribution is 8.00. The highest BCUT2D eigenvalue weighted by Gasteiger charge is 2.50. The first kappa shape index (κ1) is 29.0. The summed E-state index contributed by atoms with van der Waals surface area (Å²) in [6, 6.07) is 67.6. The molecule has 238 valence electrons. The Kier molecular flexibility index (Phi) is 6.33. The Morgan fingerprint density at radius 2 is 1.06 bits per heavy atom. The average molecular weight is 684 g/mol. The van der Waals surface area contributed by atoms with Crippen LogP contribution in [0.25, 0.3) is 10.8 Å². The molecule has 0 saturated heterocycles. The summed E-state index contributed by atoms with van der Waals surface area (Å²) >= 11 is 1.88. The minimum Gasteiger partial charge on any atom is -0.458 e. The maximum absolute atomic E-state index is 6.50. The summed E-state index contributed by atoms with van der Waals surface area (Å²) in [7, 11) is -2.84. The molecule has 0 fully saturated rings. The molecular weight excluding hydrogens is 653 g/mol. The van der Waals surface area contributed by atoms with E-state index in [0.717, 1.165) is 11.5 Å². The van der Waals surface area contributed by atoms with Crippen LogP contribution >= 0.6 is 11.8 Å². The zero-order valence-corrected chi connectivity index (χ0v) is 29.5. The van der Waals surface area contributed by atoms with Crippen LogP contribution in [0, 0.1) is 0 Å². The van der Waals surface area contributed by atoms with Crippen molar-refractivity contribution in [2.24, 2.45) is 0 Å². The molecule has 3 aliphatic rings. The zero-order chi connectivity index (χ0) is 33.5. The maximum atomic E-state index is 6.50. The lowest BCUT2D eigenvalue weighted by Crippen LogP contribution is -2.77. The van der Waals surface area contributed by atoms with Crippen molar-refractivity contribution < 1.29 is 4.74 Å². The number of para-hydroxylation sites is 3. The van der Waals surface area contributed by atoms with Gasteiger partial charge in [0.15, 0.2) is 8.07 Å². The molecule has 8 aromatic rings. The number of ether oxygens (including phenoxy) is 1. The highest BCUT2D eigenvalue weighted by atomic mass is 32.2. The molecule has 0 bridgehead atoms. The van der Waals surface area contributed by atoms with E-state index < -0.39 is 8.07 Å². The van der Waals surface area contributed by atoms with Crippen LogP contribution in [0.15, 0.2) is 192 Å². The van der Waals surface area contributed by atoms with Crippen molar-refractivity contribution in [1.29, 1.82) is 0 Å². The summed E-state index contributed by atoms with van der Waals surface area (Å²) in [6.45, 7) is 0.0982. The van der Waals surface area contributed by atoms with Gasteiger partial charge in [-0.1, -0.05) is 163 Å². The summed E-state index contributed by atoms with van der Waals surface area (Å²) in [4.78, 5) is 5.12. The van der Waals surface area contributed by atoms with E-state index in [4.69, 9.17) is 4.74 Å². The Morgan fingerprint density at radius 1 is 0.471 bits per heavy atom. The molecule has 5 heteroatoms. The second kappa shape index (κ2) is 11.1. The monoisotopic (exact) mass is 683 g/mol. The lowest BCUT2D eigenvalue weighted by molar-refractivity contribution is 0.486. The molecule has 0 saturated carbocycles. The van der Waals surface area contributed by atoms with Crippen molar-refractivity contribution in [2.45, 2.75) is 9.79 Å². The fourth-order valence-electron chi connectivity index (χ4n) is 9.07. The number of rotatable bonds is 3. The summed E-state index contributed by atoms with van der Waals surface area (Å²) in [5.74, 6) is 1.90. The van der Waals surface area contributed by atoms with E-state index in [9.17, 15) is 0 Å². The van der Waals surface area contributed by atoms with Gasteiger partial charge in [0.2, 0.25) is 0 Å². The smallest absolute Gasteiger partial charge is 0.253 e. The van der Waals surface area contributed by atoms with Crippen molar-refractivity contribution in [2.75, 3.05) is 4.90 Å². The van der Waals surface area contributed by atoms with E-state index >= 15 is 0 Å². The van der Waals surface area contributed by atoms with Gasteiger partial charge in [-0.3, -0.25) is 0 Å². The van der Waals surface area contributed by atoms with Gasteiger partial charge < -0.3 is 9.64 Å². The average Bonchev–Trinajstić information content (AvgIpc) is 3.20. The first-order chi connectivity index (χ1) is 25.3. The SMILES string of the molecule is c1ccc([Si]2(c3cccc4ccccc34)c3ccccc3N(c3cccc4c3Sc3cccc5c3B4c3ccccc3O5)c3ccccc32)cc1. The van der Waals surface area contributed by atoms with Crippen LogP contribution in [-0.4, -0.2) is 14.8 Å². The van der Waals surface area contributed by atoms with Gasteiger partial charge in [-0.05, 0) is 78.8 Å². The van der Waals surface area contributed by atoms with Crippen LogP contribution in [0.5, 0.6) is 11.5 Å². The number of anilines is 3. The minimum atomic E-state index is -2.84. The van der Waals surface area contributed by atoms with Crippen molar-refractivity contribution in [1.82, 2.24) is 0 Å². The first-order valence-corrected chi connectivity index (χ1v) is 20.4. The maximum Gasteiger partial charge on any atom is 0.253 e. The Bertz CT molecular complexity index is 2640.